The van der Waals surface area contributed by atoms with Gasteiger partial charge in [0.1, 0.15) is 0 Å². The molecule has 2 fully saturated rings. The Morgan fingerprint density at radius 2 is 2.04 bits per heavy atom. The number of ether oxygens (including phenoxy) is 1. The summed E-state index contributed by atoms with van der Waals surface area (Å²) in [5, 5.41) is 8.29. The van der Waals surface area contributed by atoms with Crippen LogP contribution in [-0.4, -0.2) is 46.7 Å². The molecule has 4 rings (SSSR count). The van der Waals surface area contributed by atoms with Crippen LogP contribution < -0.4 is 0 Å². The molecule has 1 atom stereocenters. The Kier molecular flexibility index (Phi) is 4.40. The van der Waals surface area contributed by atoms with E-state index in [1.165, 1.54) is 0 Å². The van der Waals surface area contributed by atoms with Gasteiger partial charge in [0.25, 0.3) is 0 Å². The summed E-state index contributed by atoms with van der Waals surface area (Å²) in [6.07, 6.45) is 2.73. The second-order valence-corrected chi connectivity index (χ2v) is 6.50. The monoisotopic (exact) mass is 327 g/mol. The van der Waals surface area contributed by atoms with Crippen LogP contribution >= 0.6 is 0 Å². The van der Waals surface area contributed by atoms with Crippen LogP contribution in [0.3, 0.4) is 0 Å². The fourth-order valence-corrected chi connectivity index (χ4v) is 3.04. The zero-order valence-corrected chi connectivity index (χ0v) is 13.6. The van der Waals surface area contributed by atoms with Gasteiger partial charge in [0.15, 0.2) is 5.78 Å². The Bertz CT molecular complexity index is 697. The number of aromatic nitrogens is 2. The summed E-state index contributed by atoms with van der Waals surface area (Å²) in [5.41, 5.74) is 0.747. The van der Waals surface area contributed by atoms with Crippen molar-refractivity contribution in [2.24, 2.45) is 0 Å². The van der Waals surface area contributed by atoms with Crippen LogP contribution in [0.5, 0.6) is 0 Å². The first-order chi connectivity index (χ1) is 11.8. The zero-order valence-electron chi connectivity index (χ0n) is 13.6. The summed E-state index contributed by atoms with van der Waals surface area (Å²) < 4.78 is 11.3. The lowest BCUT2D eigenvalue weighted by Gasteiger charge is -2.34. The fourth-order valence-electron chi connectivity index (χ4n) is 3.04. The topological polar surface area (TPSA) is 68.5 Å². The fraction of sp³-hybridized carbons (Fsp3) is 0.500. The van der Waals surface area contributed by atoms with Crippen molar-refractivity contribution < 1.29 is 13.9 Å². The number of rotatable bonds is 6. The summed E-state index contributed by atoms with van der Waals surface area (Å²) in [4.78, 5) is 14.7. The maximum absolute atomic E-state index is 12.5. The van der Waals surface area contributed by atoms with Gasteiger partial charge in [-0.05, 0) is 12.8 Å². The third-order valence-corrected chi connectivity index (χ3v) is 4.61. The second kappa shape index (κ2) is 6.83. The Morgan fingerprint density at radius 1 is 1.21 bits per heavy atom. The Labute approximate surface area is 140 Å². The minimum Gasteiger partial charge on any atom is -0.424 e. The van der Waals surface area contributed by atoms with E-state index in [0.717, 1.165) is 30.8 Å². The first-order valence-electron chi connectivity index (χ1n) is 8.52. The molecule has 126 valence electrons. The first-order valence-corrected chi connectivity index (χ1v) is 8.52. The molecular formula is C18H21N3O3. The first kappa shape index (κ1) is 15.5. The number of hydrogen-bond donors (Lipinski definition) is 0. The molecule has 0 N–H and O–H groups in total. The van der Waals surface area contributed by atoms with Gasteiger partial charge in [-0.25, -0.2) is 0 Å². The molecule has 1 aliphatic carbocycles. The molecular weight excluding hydrogens is 306 g/mol. The van der Waals surface area contributed by atoms with Crippen LogP contribution in [0, 0.1) is 0 Å². The Morgan fingerprint density at radius 3 is 2.83 bits per heavy atom. The molecule has 2 aromatic rings. The van der Waals surface area contributed by atoms with Crippen LogP contribution in [0.4, 0.5) is 0 Å². The highest BCUT2D eigenvalue weighted by Crippen LogP contribution is 2.39. The van der Waals surface area contributed by atoms with Crippen LogP contribution in [0.25, 0.3) is 0 Å². The highest BCUT2D eigenvalue weighted by Gasteiger charge is 2.31. The van der Waals surface area contributed by atoms with Gasteiger partial charge >= 0.3 is 0 Å². The van der Waals surface area contributed by atoms with Gasteiger partial charge in [0, 0.05) is 30.5 Å². The largest absolute Gasteiger partial charge is 0.424 e. The van der Waals surface area contributed by atoms with Crippen LogP contribution in [0.2, 0.25) is 0 Å². The minimum atomic E-state index is 0.0442. The molecule has 0 spiro atoms. The van der Waals surface area contributed by atoms with Crippen LogP contribution in [0.1, 0.15) is 47.3 Å². The highest BCUT2D eigenvalue weighted by atomic mass is 16.5. The predicted octanol–water partition coefficient (Wildman–Crippen LogP) is 2.42. The molecule has 0 bridgehead atoms. The molecule has 24 heavy (non-hydrogen) atoms. The summed E-state index contributed by atoms with van der Waals surface area (Å²) in [7, 11) is 0. The number of carbonyl (C=O) groups is 1. The molecule has 2 heterocycles. The number of morpholine rings is 1. The maximum atomic E-state index is 12.5. The molecule has 0 unspecified atom stereocenters. The van der Waals surface area contributed by atoms with E-state index in [2.05, 4.69) is 15.1 Å². The standard InChI is InChI=1S/C18H21N3O3/c22-16(13-4-2-1-3-5-13)10-15-12-23-9-8-21(15)11-17-19-20-18(24-17)14-6-7-14/h1-5,14-15H,6-12H2/t15-/m0/s1. The van der Waals surface area contributed by atoms with Gasteiger partial charge in [0.05, 0.1) is 19.8 Å². The van der Waals surface area contributed by atoms with E-state index >= 15 is 0 Å². The number of carbonyl (C=O) groups excluding carboxylic acids is 1. The van der Waals surface area contributed by atoms with Crippen molar-refractivity contribution >= 4 is 5.78 Å². The Hall–Kier alpha value is -2.05. The van der Waals surface area contributed by atoms with Gasteiger partial charge in [-0.1, -0.05) is 30.3 Å². The summed E-state index contributed by atoms with van der Waals surface area (Å²) >= 11 is 0. The number of nitrogens with zero attached hydrogens (tertiary/aromatic N) is 3. The smallest absolute Gasteiger partial charge is 0.230 e. The van der Waals surface area contributed by atoms with Crippen molar-refractivity contribution in [1.82, 2.24) is 15.1 Å². The number of Topliss-reactive ketones (excluding diaryl/α,β-unsaturated/α-hetero) is 1. The SMILES string of the molecule is O=C(C[C@H]1COCCN1Cc1nnc(C2CC2)o1)c1ccccc1. The molecule has 1 aromatic carbocycles. The molecule has 0 radical (unpaired) electrons. The Balaban J connectivity index is 1.41. The van der Waals surface area contributed by atoms with Crippen LogP contribution in [0.15, 0.2) is 34.7 Å². The van der Waals surface area contributed by atoms with Crippen molar-refractivity contribution in [3.8, 4) is 0 Å². The van der Waals surface area contributed by atoms with Crippen molar-refractivity contribution in [3.05, 3.63) is 47.7 Å². The molecule has 1 aromatic heterocycles. The van der Waals surface area contributed by atoms with Gasteiger partial charge < -0.3 is 9.15 Å². The summed E-state index contributed by atoms with van der Waals surface area (Å²) in [6.45, 7) is 2.57. The number of benzene rings is 1. The zero-order chi connectivity index (χ0) is 16.4. The molecule has 0 amide bonds. The van der Waals surface area contributed by atoms with Crippen molar-refractivity contribution in [2.75, 3.05) is 19.8 Å². The number of hydrogen-bond acceptors (Lipinski definition) is 6. The van der Waals surface area contributed by atoms with Crippen molar-refractivity contribution in [3.63, 3.8) is 0 Å². The van der Waals surface area contributed by atoms with Gasteiger partial charge in [-0.15, -0.1) is 10.2 Å². The summed E-state index contributed by atoms with van der Waals surface area (Å²) in [6, 6.07) is 9.45. The molecule has 6 heteroatoms. The normalized spacial score (nSPS) is 21.8. The third-order valence-electron chi connectivity index (χ3n) is 4.61. The lowest BCUT2D eigenvalue weighted by Crippen LogP contribution is -2.46. The number of ketones is 1. The van der Waals surface area contributed by atoms with Crippen molar-refractivity contribution in [1.29, 1.82) is 0 Å². The van der Waals surface area contributed by atoms with E-state index in [1.54, 1.807) is 0 Å². The van der Waals surface area contributed by atoms with E-state index in [1.807, 2.05) is 30.3 Å². The average Bonchev–Trinajstić information content (AvgIpc) is 3.37. The van der Waals surface area contributed by atoms with Crippen molar-refractivity contribution in [2.45, 2.75) is 37.8 Å². The second-order valence-electron chi connectivity index (χ2n) is 6.50. The maximum Gasteiger partial charge on any atom is 0.230 e. The minimum absolute atomic E-state index is 0.0442. The van der Waals surface area contributed by atoms with Gasteiger partial charge in [-0.2, -0.15) is 0 Å². The molecule has 2 aliphatic rings. The van der Waals surface area contributed by atoms with E-state index in [0.29, 0.717) is 38.0 Å². The van der Waals surface area contributed by atoms with Gasteiger partial charge in [-0.3, -0.25) is 9.69 Å². The lowest BCUT2D eigenvalue weighted by molar-refractivity contribution is -0.0160. The predicted molar refractivity (Wildman–Crippen MR) is 86.7 cm³/mol. The lowest BCUT2D eigenvalue weighted by atomic mass is 10.0. The van der Waals surface area contributed by atoms with Crippen LogP contribution in [-0.2, 0) is 11.3 Å². The highest BCUT2D eigenvalue weighted by molar-refractivity contribution is 5.96. The third kappa shape index (κ3) is 3.55. The molecule has 1 saturated carbocycles. The molecule has 6 nitrogen and oxygen atoms in total. The van der Waals surface area contributed by atoms with Gasteiger partial charge in [0.2, 0.25) is 11.8 Å². The molecule has 1 aliphatic heterocycles. The average molecular weight is 327 g/mol. The van der Waals surface area contributed by atoms with E-state index in [4.69, 9.17) is 9.15 Å². The van der Waals surface area contributed by atoms with E-state index in [9.17, 15) is 4.79 Å². The molecule has 1 saturated heterocycles. The quantitative estimate of drug-likeness (QED) is 0.759. The van der Waals surface area contributed by atoms with E-state index < -0.39 is 0 Å². The van der Waals surface area contributed by atoms with E-state index in [-0.39, 0.29) is 11.8 Å². The summed E-state index contributed by atoms with van der Waals surface area (Å²) in [5.74, 6) is 2.00.